The number of hydrogen-bond donors (Lipinski definition) is 2. The third-order valence-electron chi connectivity index (χ3n) is 5.31. The lowest BCUT2D eigenvalue weighted by Gasteiger charge is -2.29. The van der Waals surface area contributed by atoms with Crippen molar-refractivity contribution in [2.75, 3.05) is 23.3 Å². The van der Waals surface area contributed by atoms with Crippen LogP contribution in [0.2, 0.25) is 0 Å². The standard InChI is InChI=1S/C24H23N3O3/c28-23(19-13-18(15-25-16-19)17-7-3-1-4-8-17)26-22-14-20(9-10-21(22)24(29)30)27-11-5-2-6-12-27/h1,3-4,7-10,13-16H,2,5-6,11-12H2,(H,26,28)(H,29,30). The fraction of sp³-hybridized carbons (Fsp3) is 0.208. The Hall–Kier alpha value is -3.67. The van der Waals surface area contributed by atoms with Gasteiger partial charge in [-0.15, -0.1) is 0 Å². The van der Waals surface area contributed by atoms with Crippen LogP contribution in [0.15, 0.2) is 67.0 Å². The zero-order chi connectivity index (χ0) is 20.9. The Morgan fingerprint density at radius 2 is 1.67 bits per heavy atom. The van der Waals surface area contributed by atoms with Gasteiger partial charge in [0, 0.05) is 36.7 Å². The van der Waals surface area contributed by atoms with E-state index in [9.17, 15) is 14.7 Å². The number of nitrogens with zero attached hydrogens (tertiary/aromatic N) is 2. The Bertz CT molecular complexity index is 1060. The zero-order valence-corrected chi connectivity index (χ0v) is 16.5. The molecule has 2 aromatic carbocycles. The molecule has 2 N–H and O–H groups in total. The molecule has 1 aliphatic heterocycles. The summed E-state index contributed by atoms with van der Waals surface area (Å²) in [6.45, 7) is 1.87. The highest BCUT2D eigenvalue weighted by atomic mass is 16.4. The number of amides is 1. The number of nitrogens with one attached hydrogen (secondary N) is 1. The van der Waals surface area contributed by atoms with Crippen LogP contribution in [0.1, 0.15) is 40.0 Å². The molecule has 0 saturated carbocycles. The molecule has 2 heterocycles. The van der Waals surface area contributed by atoms with Gasteiger partial charge in [-0.1, -0.05) is 30.3 Å². The number of aromatic carboxylic acids is 1. The van der Waals surface area contributed by atoms with E-state index >= 15 is 0 Å². The van der Waals surface area contributed by atoms with Crippen LogP contribution in [-0.4, -0.2) is 35.1 Å². The van der Waals surface area contributed by atoms with Crippen LogP contribution < -0.4 is 10.2 Å². The number of pyridine rings is 1. The van der Waals surface area contributed by atoms with E-state index in [0.717, 1.165) is 42.7 Å². The summed E-state index contributed by atoms with van der Waals surface area (Å²) >= 11 is 0. The van der Waals surface area contributed by atoms with Crippen LogP contribution in [0.25, 0.3) is 11.1 Å². The molecule has 0 radical (unpaired) electrons. The van der Waals surface area contributed by atoms with Crippen molar-refractivity contribution >= 4 is 23.3 Å². The second-order valence-electron chi connectivity index (χ2n) is 7.37. The molecule has 0 aliphatic carbocycles. The van der Waals surface area contributed by atoms with Gasteiger partial charge in [-0.05, 0) is 49.1 Å². The molecular weight excluding hydrogens is 378 g/mol. The number of rotatable bonds is 5. The van der Waals surface area contributed by atoms with Gasteiger partial charge < -0.3 is 15.3 Å². The Kier molecular flexibility index (Phi) is 5.75. The second kappa shape index (κ2) is 8.78. The number of aromatic nitrogens is 1. The molecule has 3 aromatic rings. The Labute approximate surface area is 175 Å². The Morgan fingerprint density at radius 3 is 2.40 bits per heavy atom. The van der Waals surface area contributed by atoms with Crippen LogP contribution in [0.3, 0.4) is 0 Å². The monoisotopic (exact) mass is 401 g/mol. The van der Waals surface area contributed by atoms with Crippen molar-refractivity contribution in [1.82, 2.24) is 4.98 Å². The van der Waals surface area contributed by atoms with Crippen LogP contribution in [0.5, 0.6) is 0 Å². The molecule has 30 heavy (non-hydrogen) atoms. The Balaban J connectivity index is 1.61. The van der Waals surface area contributed by atoms with E-state index in [1.807, 2.05) is 36.4 Å². The van der Waals surface area contributed by atoms with Crippen LogP contribution in [0.4, 0.5) is 11.4 Å². The van der Waals surface area contributed by atoms with Gasteiger partial charge in [-0.2, -0.15) is 0 Å². The van der Waals surface area contributed by atoms with Crippen molar-refractivity contribution in [3.63, 3.8) is 0 Å². The fourth-order valence-electron chi connectivity index (χ4n) is 3.72. The lowest BCUT2D eigenvalue weighted by molar-refractivity contribution is 0.0698. The van der Waals surface area contributed by atoms with E-state index in [1.54, 1.807) is 24.4 Å². The summed E-state index contributed by atoms with van der Waals surface area (Å²) in [5, 5.41) is 12.3. The molecule has 0 unspecified atom stereocenters. The third-order valence-corrected chi connectivity index (χ3v) is 5.31. The van der Waals surface area contributed by atoms with Gasteiger partial charge in [0.2, 0.25) is 0 Å². The van der Waals surface area contributed by atoms with Gasteiger partial charge in [0.05, 0.1) is 16.8 Å². The molecular formula is C24H23N3O3. The molecule has 1 aliphatic rings. The van der Waals surface area contributed by atoms with E-state index in [-0.39, 0.29) is 5.56 Å². The smallest absolute Gasteiger partial charge is 0.337 e. The molecule has 0 spiro atoms. The predicted octanol–water partition coefficient (Wildman–Crippen LogP) is 4.69. The number of carbonyl (C=O) groups excluding carboxylic acids is 1. The minimum Gasteiger partial charge on any atom is -0.478 e. The Morgan fingerprint density at radius 1 is 0.900 bits per heavy atom. The van der Waals surface area contributed by atoms with Gasteiger partial charge in [-0.25, -0.2) is 4.79 Å². The second-order valence-corrected chi connectivity index (χ2v) is 7.37. The molecule has 0 bridgehead atoms. The molecule has 1 aromatic heterocycles. The normalized spacial score (nSPS) is 13.7. The van der Waals surface area contributed by atoms with E-state index < -0.39 is 11.9 Å². The van der Waals surface area contributed by atoms with Crippen molar-refractivity contribution in [3.8, 4) is 11.1 Å². The van der Waals surface area contributed by atoms with Gasteiger partial charge in [0.15, 0.2) is 0 Å². The first-order chi connectivity index (χ1) is 14.6. The van der Waals surface area contributed by atoms with Crippen molar-refractivity contribution in [2.45, 2.75) is 19.3 Å². The quantitative estimate of drug-likeness (QED) is 0.648. The number of anilines is 2. The third kappa shape index (κ3) is 4.33. The maximum atomic E-state index is 12.9. The van der Waals surface area contributed by atoms with E-state index in [2.05, 4.69) is 15.2 Å². The first-order valence-corrected chi connectivity index (χ1v) is 10.1. The number of piperidine rings is 1. The van der Waals surface area contributed by atoms with Gasteiger partial charge in [-0.3, -0.25) is 9.78 Å². The zero-order valence-electron chi connectivity index (χ0n) is 16.5. The van der Waals surface area contributed by atoms with E-state index in [1.165, 1.54) is 12.6 Å². The molecule has 1 saturated heterocycles. The summed E-state index contributed by atoms with van der Waals surface area (Å²) in [5.74, 6) is -1.47. The SMILES string of the molecule is O=C(Nc1cc(N2CCCCC2)ccc1C(=O)O)c1cncc(-c2ccccc2)c1. The van der Waals surface area contributed by atoms with Gasteiger partial charge >= 0.3 is 5.97 Å². The number of carboxylic acids is 1. The molecule has 6 heteroatoms. The van der Waals surface area contributed by atoms with Crippen molar-refractivity contribution in [2.24, 2.45) is 0 Å². The lowest BCUT2D eigenvalue weighted by atomic mass is 10.1. The van der Waals surface area contributed by atoms with E-state index in [4.69, 9.17) is 0 Å². The summed E-state index contributed by atoms with van der Waals surface area (Å²) < 4.78 is 0. The number of carboxylic acid groups (broad SMARTS) is 1. The van der Waals surface area contributed by atoms with Crippen LogP contribution in [0, 0.1) is 0 Å². The minimum atomic E-state index is -1.08. The van der Waals surface area contributed by atoms with Crippen molar-refractivity contribution in [3.05, 3.63) is 78.1 Å². The van der Waals surface area contributed by atoms with E-state index in [0.29, 0.717) is 11.3 Å². The van der Waals surface area contributed by atoms with Crippen molar-refractivity contribution < 1.29 is 14.7 Å². The summed E-state index contributed by atoms with van der Waals surface area (Å²) in [6, 6.07) is 16.5. The molecule has 6 nitrogen and oxygen atoms in total. The van der Waals surface area contributed by atoms with Gasteiger partial charge in [0.25, 0.3) is 5.91 Å². The number of benzene rings is 2. The highest BCUT2D eigenvalue weighted by Gasteiger charge is 2.18. The minimum absolute atomic E-state index is 0.0660. The first kappa shape index (κ1) is 19.6. The first-order valence-electron chi connectivity index (χ1n) is 10.1. The maximum Gasteiger partial charge on any atom is 0.337 e. The van der Waals surface area contributed by atoms with Crippen molar-refractivity contribution in [1.29, 1.82) is 0 Å². The predicted molar refractivity (Wildman–Crippen MR) is 117 cm³/mol. The highest BCUT2D eigenvalue weighted by molar-refractivity contribution is 6.08. The number of hydrogen-bond acceptors (Lipinski definition) is 4. The lowest BCUT2D eigenvalue weighted by Crippen LogP contribution is -2.29. The topological polar surface area (TPSA) is 82.5 Å². The fourth-order valence-corrected chi connectivity index (χ4v) is 3.72. The number of carbonyl (C=O) groups is 2. The summed E-state index contributed by atoms with van der Waals surface area (Å²) in [4.78, 5) is 31.0. The van der Waals surface area contributed by atoms with Crippen LogP contribution in [-0.2, 0) is 0 Å². The molecule has 0 atom stereocenters. The van der Waals surface area contributed by atoms with Gasteiger partial charge in [0.1, 0.15) is 0 Å². The largest absolute Gasteiger partial charge is 0.478 e. The van der Waals surface area contributed by atoms with Crippen LogP contribution >= 0.6 is 0 Å². The average Bonchev–Trinajstić information content (AvgIpc) is 2.80. The maximum absolute atomic E-state index is 12.9. The summed E-state index contributed by atoms with van der Waals surface area (Å²) in [6.07, 6.45) is 6.61. The summed E-state index contributed by atoms with van der Waals surface area (Å²) in [5.41, 5.74) is 3.43. The average molecular weight is 401 g/mol. The highest BCUT2D eigenvalue weighted by Crippen LogP contribution is 2.27. The molecule has 152 valence electrons. The molecule has 1 amide bonds. The summed E-state index contributed by atoms with van der Waals surface area (Å²) in [7, 11) is 0. The molecule has 4 rings (SSSR count). The molecule has 1 fully saturated rings.